The Hall–Kier alpha value is -2.79. The van der Waals surface area contributed by atoms with Gasteiger partial charge < -0.3 is 10.4 Å². The van der Waals surface area contributed by atoms with E-state index in [1.165, 1.54) is 6.07 Å². The van der Waals surface area contributed by atoms with Crippen molar-refractivity contribution in [2.24, 2.45) is 27.9 Å². The average molecular weight is 440 g/mol. The Kier molecular flexibility index (Phi) is 5.95. The molecule has 3 rings (SSSR count). The van der Waals surface area contributed by atoms with E-state index in [-0.39, 0.29) is 23.1 Å². The molecule has 0 heterocycles. The number of carbonyl (C=O) groups is 1. The number of nitrogens with two attached hydrogens (primary N) is 1. The third-order valence-electron chi connectivity index (χ3n) is 4.97. The van der Waals surface area contributed by atoms with E-state index in [9.17, 15) is 22.2 Å². The summed E-state index contributed by atoms with van der Waals surface area (Å²) in [6.45, 7) is 3.61. The largest absolute Gasteiger partial charge is 0.417 e. The molecule has 2 aliphatic carbocycles. The molecule has 0 saturated carbocycles. The zero-order valence-electron chi connectivity index (χ0n) is 16.0. The van der Waals surface area contributed by atoms with Crippen molar-refractivity contribution in [3.05, 3.63) is 47.1 Å². The minimum absolute atomic E-state index is 0.0636. The first-order chi connectivity index (χ1) is 14.0. The van der Waals surface area contributed by atoms with Crippen LogP contribution in [0, 0.1) is 11.8 Å². The Labute approximate surface area is 172 Å². The van der Waals surface area contributed by atoms with Gasteiger partial charge in [0, 0.05) is 0 Å². The van der Waals surface area contributed by atoms with E-state index in [4.69, 9.17) is 10.4 Å². The Morgan fingerprint density at radius 1 is 1.30 bits per heavy atom. The van der Waals surface area contributed by atoms with Crippen LogP contribution in [0.5, 0.6) is 0 Å². The molecule has 1 aromatic rings. The van der Waals surface area contributed by atoms with Crippen LogP contribution in [0.15, 0.2) is 56.6 Å². The maximum atomic E-state index is 13.2. The van der Waals surface area contributed by atoms with Crippen molar-refractivity contribution < 1.29 is 26.7 Å². The molecule has 0 spiro atoms. The molecule has 3 atom stereocenters. The van der Waals surface area contributed by atoms with Crippen molar-refractivity contribution >= 4 is 34.0 Å². The quantitative estimate of drug-likeness (QED) is 0.378. The Bertz CT molecular complexity index is 1040. The maximum Gasteiger partial charge on any atom is 0.417 e. The highest BCUT2D eigenvalue weighted by molar-refractivity contribution is 7.79. The first-order valence-electron chi connectivity index (χ1n) is 8.86. The second kappa shape index (κ2) is 8.15. The van der Waals surface area contributed by atoms with E-state index in [0.29, 0.717) is 23.8 Å². The molecule has 2 aliphatic rings. The van der Waals surface area contributed by atoms with Gasteiger partial charge in [-0.15, -0.1) is 0 Å². The minimum atomic E-state index is -4.83. The van der Waals surface area contributed by atoms with Crippen LogP contribution in [-0.4, -0.2) is 26.0 Å². The standard InChI is InChI=1S/C19H19F3N4O3S/c1-9-5-11-7-10(2)17(18(27)16(11)14(6-9)24-23)26-25-12-3-4-15(30(28)29)13(8-12)19(20,21)22/h3-4,6-8,11,16,25H,5,23H2,1-2H3,(H,28,29)/b24-14-,26-17+. The summed E-state index contributed by atoms with van der Waals surface area (Å²) in [5, 5.41) is 7.73. The number of nitrogens with zero attached hydrogens (tertiary/aromatic N) is 2. The van der Waals surface area contributed by atoms with Crippen LogP contribution in [0.2, 0.25) is 0 Å². The highest BCUT2D eigenvalue weighted by Gasteiger charge is 2.40. The van der Waals surface area contributed by atoms with Crippen molar-refractivity contribution in [3.63, 3.8) is 0 Å². The molecule has 11 heteroatoms. The van der Waals surface area contributed by atoms with E-state index >= 15 is 0 Å². The molecule has 30 heavy (non-hydrogen) atoms. The zero-order valence-corrected chi connectivity index (χ0v) is 16.8. The van der Waals surface area contributed by atoms with E-state index in [1.807, 2.05) is 13.0 Å². The predicted molar refractivity (Wildman–Crippen MR) is 107 cm³/mol. The number of carbonyl (C=O) groups excluding carboxylic acids is 1. The number of fused-ring (bicyclic) bond motifs is 1. The fourth-order valence-electron chi connectivity index (χ4n) is 3.69. The summed E-state index contributed by atoms with van der Waals surface area (Å²) >= 11 is -2.81. The van der Waals surface area contributed by atoms with Gasteiger partial charge in [0.05, 0.1) is 27.8 Å². The molecular formula is C19H19F3N4O3S. The normalized spacial score (nSPS) is 25.6. The third-order valence-corrected chi connectivity index (χ3v) is 5.70. The zero-order chi connectivity index (χ0) is 22.2. The summed E-state index contributed by atoms with van der Waals surface area (Å²) in [7, 11) is 0. The van der Waals surface area contributed by atoms with Gasteiger partial charge in [-0.05, 0) is 56.0 Å². The van der Waals surface area contributed by atoms with Crippen LogP contribution in [-0.2, 0) is 22.1 Å². The fourth-order valence-corrected chi connectivity index (χ4v) is 4.24. The smallest absolute Gasteiger partial charge is 0.323 e. The molecular weight excluding hydrogens is 421 g/mol. The Balaban J connectivity index is 1.94. The molecule has 4 N–H and O–H groups in total. The molecule has 7 nitrogen and oxygen atoms in total. The molecule has 0 aromatic heterocycles. The number of hydrogen-bond donors (Lipinski definition) is 3. The molecule has 3 unspecified atom stereocenters. The van der Waals surface area contributed by atoms with Crippen LogP contribution in [0.3, 0.4) is 0 Å². The number of ketones is 1. The van der Waals surface area contributed by atoms with Crippen molar-refractivity contribution in [1.82, 2.24) is 0 Å². The van der Waals surface area contributed by atoms with Gasteiger partial charge >= 0.3 is 6.18 Å². The van der Waals surface area contributed by atoms with E-state index in [0.717, 1.165) is 11.6 Å². The molecule has 0 saturated heterocycles. The highest BCUT2D eigenvalue weighted by atomic mass is 32.2. The second-order valence-corrected chi connectivity index (χ2v) is 8.07. The van der Waals surface area contributed by atoms with Crippen molar-refractivity contribution in [1.29, 1.82) is 0 Å². The lowest BCUT2D eigenvalue weighted by atomic mass is 9.70. The predicted octanol–water partition coefficient (Wildman–Crippen LogP) is 3.48. The first kappa shape index (κ1) is 21.9. The van der Waals surface area contributed by atoms with Gasteiger partial charge in [-0.1, -0.05) is 11.6 Å². The molecule has 0 bridgehead atoms. The molecule has 0 aliphatic heterocycles. The summed E-state index contributed by atoms with van der Waals surface area (Å²) in [4.78, 5) is 12.2. The highest BCUT2D eigenvalue weighted by Crippen LogP contribution is 2.36. The lowest BCUT2D eigenvalue weighted by Crippen LogP contribution is -2.41. The van der Waals surface area contributed by atoms with E-state index in [2.05, 4.69) is 15.6 Å². The summed E-state index contributed by atoms with van der Waals surface area (Å²) in [5.41, 5.74) is 3.22. The third kappa shape index (κ3) is 4.21. The van der Waals surface area contributed by atoms with Crippen LogP contribution < -0.4 is 11.3 Å². The topological polar surface area (TPSA) is 117 Å². The number of benzene rings is 1. The molecule has 1 aromatic carbocycles. The summed E-state index contributed by atoms with van der Waals surface area (Å²) in [6.07, 6.45) is -0.529. The number of hydrogen-bond acceptors (Lipinski definition) is 6. The lowest BCUT2D eigenvalue weighted by Gasteiger charge is -2.32. The summed E-state index contributed by atoms with van der Waals surface area (Å²) in [5.74, 6) is 4.39. The van der Waals surface area contributed by atoms with Crippen molar-refractivity contribution in [2.75, 3.05) is 5.43 Å². The molecule has 0 fully saturated rings. The number of Topliss-reactive ketones (excluding diaryl/α,β-unsaturated/α-hetero) is 1. The van der Waals surface area contributed by atoms with Gasteiger partial charge in [0.15, 0.2) is 16.9 Å². The monoisotopic (exact) mass is 440 g/mol. The van der Waals surface area contributed by atoms with Gasteiger partial charge in [-0.3, -0.25) is 10.2 Å². The number of hydrazone groups is 2. The summed E-state index contributed by atoms with van der Waals surface area (Å²) < 4.78 is 59.9. The van der Waals surface area contributed by atoms with E-state index in [1.54, 1.807) is 13.0 Å². The van der Waals surface area contributed by atoms with Crippen molar-refractivity contribution in [2.45, 2.75) is 31.3 Å². The maximum absolute atomic E-state index is 13.2. The number of allylic oxidation sites excluding steroid dienone is 4. The number of halogens is 3. The number of alkyl halides is 3. The second-order valence-electron chi connectivity index (χ2n) is 7.13. The van der Waals surface area contributed by atoms with Gasteiger partial charge in [-0.2, -0.15) is 23.4 Å². The number of nitrogens with one attached hydrogen (secondary N) is 1. The van der Waals surface area contributed by atoms with Gasteiger partial charge in [0.2, 0.25) is 0 Å². The van der Waals surface area contributed by atoms with Gasteiger partial charge in [-0.25, -0.2) is 4.21 Å². The van der Waals surface area contributed by atoms with E-state index < -0.39 is 33.6 Å². The summed E-state index contributed by atoms with van der Waals surface area (Å²) in [6, 6.07) is 2.73. The lowest BCUT2D eigenvalue weighted by molar-refractivity contribution is -0.139. The number of anilines is 1. The van der Waals surface area contributed by atoms with Crippen LogP contribution >= 0.6 is 0 Å². The van der Waals surface area contributed by atoms with Gasteiger partial charge in [0.25, 0.3) is 0 Å². The molecule has 160 valence electrons. The Morgan fingerprint density at radius 2 is 2.00 bits per heavy atom. The minimum Gasteiger partial charge on any atom is -0.323 e. The molecule has 0 radical (unpaired) electrons. The average Bonchev–Trinajstić information content (AvgIpc) is 2.65. The fraction of sp³-hybridized carbons (Fsp3) is 0.316. The SMILES string of the molecule is CC1=C/C(=N/N)C2C(=O)/C(=N/Nc3ccc(S(=O)O)c(C(F)(F)F)c3)C(C)=CC2C1. The van der Waals surface area contributed by atoms with Gasteiger partial charge in [0.1, 0.15) is 5.71 Å². The van der Waals surface area contributed by atoms with Crippen molar-refractivity contribution in [3.8, 4) is 0 Å². The van der Waals surface area contributed by atoms with Crippen LogP contribution in [0.4, 0.5) is 18.9 Å². The first-order valence-corrected chi connectivity index (χ1v) is 9.97. The molecule has 0 amide bonds. The van der Waals surface area contributed by atoms with Crippen LogP contribution in [0.1, 0.15) is 25.8 Å². The Morgan fingerprint density at radius 3 is 2.60 bits per heavy atom. The van der Waals surface area contributed by atoms with Crippen LogP contribution in [0.25, 0.3) is 0 Å². The number of rotatable bonds is 3.